The summed E-state index contributed by atoms with van der Waals surface area (Å²) >= 11 is 6.98. The second kappa shape index (κ2) is 9.29. The number of nitrogens with zero attached hydrogens (tertiary/aromatic N) is 1. The molecule has 2 heterocycles. The van der Waals surface area contributed by atoms with E-state index in [4.69, 9.17) is 17.3 Å². The summed E-state index contributed by atoms with van der Waals surface area (Å²) in [6, 6.07) is 14.5. The van der Waals surface area contributed by atoms with Gasteiger partial charge in [-0.05, 0) is 62.6 Å². The molecule has 6 rings (SSSR count). The number of nitrogens with two attached hydrogens (primary N) is 1. The lowest BCUT2D eigenvalue weighted by Gasteiger charge is -2.26. The number of amides is 1. The lowest BCUT2D eigenvalue weighted by atomic mass is 9.79. The molecule has 208 valence electrons. The first-order chi connectivity index (χ1) is 19.4. The normalized spacial score (nSPS) is 15.5. The third-order valence-electron chi connectivity index (χ3n) is 7.78. The summed E-state index contributed by atoms with van der Waals surface area (Å²) in [5.74, 6) is -1.81. The number of hydrogen-bond acceptors (Lipinski definition) is 4. The molecular weight excluding hydrogens is 547 g/mol. The van der Waals surface area contributed by atoms with Crippen LogP contribution in [0.3, 0.4) is 0 Å². The van der Waals surface area contributed by atoms with Gasteiger partial charge in [-0.3, -0.25) is 9.59 Å². The van der Waals surface area contributed by atoms with Crippen molar-refractivity contribution in [2.24, 2.45) is 5.73 Å². The van der Waals surface area contributed by atoms with Crippen molar-refractivity contribution < 1.29 is 14.3 Å². The van der Waals surface area contributed by atoms with E-state index in [1.54, 1.807) is 32.0 Å². The van der Waals surface area contributed by atoms with E-state index in [1.807, 2.05) is 25.1 Å². The van der Waals surface area contributed by atoms with E-state index in [0.717, 1.165) is 32.7 Å². The fourth-order valence-corrected chi connectivity index (χ4v) is 6.07. The molecule has 1 atom stereocenters. The van der Waals surface area contributed by atoms with E-state index in [2.05, 4.69) is 9.97 Å². The first kappa shape index (κ1) is 26.7. The molecule has 0 saturated carbocycles. The van der Waals surface area contributed by atoms with E-state index >= 15 is 0 Å². The molecule has 8 nitrogen and oxygen atoms in total. The summed E-state index contributed by atoms with van der Waals surface area (Å²) in [6.45, 7) is 5.27. The van der Waals surface area contributed by atoms with E-state index in [1.165, 1.54) is 12.1 Å². The summed E-state index contributed by atoms with van der Waals surface area (Å²) in [4.78, 5) is 44.8. The van der Waals surface area contributed by atoms with Gasteiger partial charge in [-0.25, -0.2) is 13.8 Å². The lowest BCUT2D eigenvalue weighted by molar-refractivity contribution is -0.119. The largest absolute Gasteiger partial charge is 0.386 e. The molecule has 5 aromatic rings. The highest BCUT2D eigenvalue weighted by Crippen LogP contribution is 2.47. The highest BCUT2D eigenvalue weighted by molar-refractivity contribution is 6.34. The van der Waals surface area contributed by atoms with Gasteiger partial charge in [0, 0.05) is 27.7 Å². The average molecular weight is 573 g/mol. The summed E-state index contributed by atoms with van der Waals surface area (Å²) in [6.07, 6.45) is 0.333. The van der Waals surface area contributed by atoms with Gasteiger partial charge in [-0.15, -0.1) is 0 Å². The van der Waals surface area contributed by atoms with Crippen molar-refractivity contribution in [2.75, 3.05) is 0 Å². The molecular formula is C31H26ClFN4O4. The maximum atomic E-state index is 14.3. The number of carbonyl (C=O) groups excluding carboxylic acids is 1. The Morgan fingerprint density at radius 1 is 1.10 bits per heavy atom. The summed E-state index contributed by atoms with van der Waals surface area (Å²) in [5.41, 5.74) is 8.02. The van der Waals surface area contributed by atoms with Crippen molar-refractivity contribution in [3.05, 3.63) is 114 Å². The monoisotopic (exact) mass is 572 g/mol. The molecule has 0 radical (unpaired) electrons. The van der Waals surface area contributed by atoms with Crippen LogP contribution in [0.1, 0.15) is 55.5 Å². The number of rotatable bonds is 4. The number of carbonyl (C=O) groups is 1. The average Bonchev–Trinajstić information content (AvgIpc) is 3.28. The lowest BCUT2D eigenvalue weighted by Crippen LogP contribution is -2.34. The number of H-pyrrole nitrogens is 2. The number of aromatic amines is 2. The highest BCUT2D eigenvalue weighted by atomic mass is 35.5. The highest BCUT2D eigenvalue weighted by Gasteiger charge is 2.34. The predicted octanol–water partition coefficient (Wildman–Crippen LogP) is 4.97. The van der Waals surface area contributed by atoms with Gasteiger partial charge in [0.25, 0.3) is 5.56 Å². The zero-order valence-corrected chi connectivity index (χ0v) is 23.2. The number of allylic oxidation sites excluding steroid dienone is 1. The van der Waals surface area contributed by atoms with E-state index in [0.29, 0.717) is 28.8 Å². The molecule has 5 N–H and O–H groups in total. The topological polar surface area (TPSA) is 134 Å². The molecule has 2 aromatic heterocycles. The summed E-state index contributed by atoms with van der Waals surface area (Å²) < 4.78 is 15.2. The van der Waals surface area contributed by atoms with Crippen LogP contribution in [-0.2, 0) is 10.4 Å². The Morgan fingerprint density at radius 2 is 1.83 bits per heavy atom. The van der Waals surface area contributed by atoms with Crippen LogP contribution in [0.15, 0.2) is 69.8 Å². The van der Waals surface area contributed by atoms with E-state index in [9.17, 15) is 23.9 Å². The van der Waals surface area contributed by atoms with Crippen molar-refractivity contribution in [3.63, 3.8) is 0 Å². The Bertz CT molecular complexity index is 2080. The third-order valence-corrected chi connectivity index (χ3v) is 8.18. The van der Waals surface area contributed by atoms with Crippen LogP contribution in [0.25, 0.3) is 33.1 Å². The zero-order valence-electron chi connectivity index (χ0n) is 22.4. The molecule has 0 spiro atoms. The minimum Gasteiger partial charge on any atom is -0.386 e. The Hall–Kier alpha value is -4.47. The van der Waals surface area contributed by atoms with Gasteiger partial charge in [0.15, 0.2) is 0 Å². The maximum absolute atomic E-state index is 14.3. The molecule has 1 unspecified atom stereocenters. The number of fused-ring (bicyclic) bond motifs is 4. The quantitative estimate of drug-likeness (QED) is 0.242. The number of benzene rings is 3. The number of para-hydroxylation sites is 1. The second-order valence-electron chi connectivity index (χ2n) is 10.9. The van der Waals surface area contributed by atoms with Crippen molar-refractivity contribution in [3.8, 4) is 5.69 Å². The number of aliphatic hydroxyl groups is 1. The second-order valence-corrected chi connectivity index (χ2v) is 11.3. The molecule has 3 aromatic carbocycles. The van der Waals surface area contributed by atoms with Crippen LogP contribution >= 0.6 is 11.6 Å². The van der Waals surface area contributed by atoms with Crippen molar-refractivity contribution in [1.29, 1.82) is 0 Å². The Balaban J connectivity index is 1.62. The minimum absolute atomic E-state index is 0.00459. The molecule has 1 aliphatic carbocycles. The molecule has 10 heteroatoms. The zero-order chi connectivity index (χ0) is 29.4. The first-order valence-electron chi connectivity index (χ1n) is 13.0. The SMILES string of the molecule is CC1=C(c2cccc(-n3c(=O)[nH]c4c(F)cccc4c3=O)c2Cl)c2c([nH]c3cc(C(C)(C)O)ccc23)C(C(N)=O)C1. The van der Waals surface area contributed by atoms with Crippen LogP contribution < -0.4 is 17.0 Å². The molecule has 0 aliphatic heterocycles. The number of halogens is 2. The van der Waals surface area contributed by atoms with Gasteiger partial charge in [0.1, 0.15) is 5.82 Å². The van der Waals surface area contributed by atoms with Crippen LogP contribution in [0.4, 0.5) is 4.39 Å². The Kier molecular flexibility index (Phi) is 6.06. The Labute approximate surface area is 237 Å². The smallest absolute Gasteiger partial charge is 0.333 e. The number of nitrogens with one attached hydrogen (secondary N) is 2. The number of hydrogen-bond donors (Lipinski definition) is 4. The predicted molar refractivity (Wildman–Crippen MR) is 157 cm³/mol. The van der Waals surface area contributed by atoms with Gasteiger partial charge < -0.3 is 20.8 Å². The van der Waals surface area contributed by atoms with E-state index in [-0.39, 0.29) is 21.6 Å². The van der Waals surface area contributed by atoms with Crippen molar-refractivity contribution >= 4 is 44.9 Å². The van der Waals surface area contributed by atoms with E-state index < -0.39 is 34.5 Å². The molecule has 41 heavy (non-hydrogen) atoms. The first-order valence-corrected chi connectivity index (χ1v) is 13.4. The van der Waals surface area contributed by atoms with Crippen molar-refractivity contribution in [2.45, 2.75) is 38.7 Å². The molecule has 0 bridgehead atoms. The van der Waals surface area contributed by atoms with Crippen LogP contribution in [0.2, 0.25) is 5.02 Å². The molecule has 0 saturated heterocycles. The maximum Gasteiger partial charge on any atom is 0.333 e. The van der Waals surface area contributed by atoms with Gasteiger partial charge >= 0.3 is 5.69 Å². The van der Waals surface area contributed by atoms with Crippen LogP contribution in [0.5, 0.6) is 0 Å². The minimum atomic E-state index is -1.09. The van der Waals surface area contributed by atoms with Gasteiger partial charge in [0.05, 0.1) is 33.1 Å². The van der Waals surface area contributed by atoms with Gasteiger partial charge in [-0.1, -0.05) is 47.5 Å². The molecule has 1 amide bonds. The van der Waals surface area contributed by atoms with Crippen LogP contribution in [-0.4, -0.2) is 25.5 Å². The van der Waals surface area contributed by atoms with Crippen LogP contribution in [0, 0.1) is 5.82 Å². The number of primary amides is 1. The summed E-state index contributed by atoms with van der Waals surface area (Å²) in [7, 11) is 0. The van der Waals surface area contributed by atoms with Gasteiger partial charge in [0.2, 0.25) is 5.91 Å². The fourth-order valence-electron chi connectivity index (χ4n) is 5.77. The summed E-state index contributed by atoms with van der Waals surface area (Å²) in [5, 5.41) is 11.5. The standard InChI is InChI=1S/C31H26ClFN4O4/c1-14-12-19(28(34)38)27-24(16-11-10-15(31(2,3)41)13-21(16)35-27)23(14)17-6-5-9-22(25(17)32)37-29(39)18-7-4-8-20(33)26(18)36-30(37)40/h4-11,13,19,35,41H,12H2,1-3H3,(H2,34,38)(H,36,40). The van der Waals surface area contributed by atoms with Gasteiger partial charge in [-0.2, -0.15) is 0 Å². The Morgan fingerprint density at radius 3 is 2.54 bits per heavy atom. The molecule has 0 fully saturated rings. The molecule has 1 aliphatic rings. The fraction of sp³-hybridized carbons (Fsp3) is 0.194. The van der Waals surface area contributed by atoms with Crippen molar-refractivity contribution in [1.82, 2.24) is 14.5 Å². The third kappa shape index (κ3) is 4.11. The number of aromatic nitrogens is 3.